The fourth-order valence-corrected chi connectivity index (χ4v) is 1.37. The second-order valence-corrected chi connectivity index (χ2v) is 3.22. The number of nitrogens with zero attached hydrogens (tertiary/aromatic N) is 1. The summed E-state index contributed by atoms with van der Waals surface area (Å²) in [6.45, 7) is 0. The summed E-state index contributed by atoms with van der Waals surface area (Å²) in [4.78, 5) is 3.92. The van der Waals surface area contributed by atoms with Crippen molar-refractivity contribution in [3.05, 3.63) is 54.1 Å². The minimum absolute atomic E-state index is 0.297. The fourth-order valence-electron chi connectivity index (χ4n) is 1.37. The molecule has 1 aromatic carbocycles. The van der Waals surface area contributed by atoms with Gasteiger partial charge in [0.15, 0.2) is 0 Å². The summed E-state index contributed by atoms with van der Waals surface area (Å²) >= 11 is 0. The van der Waals surface area contributed by atoms with Crippen molar-refractivity contribution < 1.29 is 4.39 Å². The van der Waals surface area contributed by atoms with E-state index in [1.807, 2.05) is 0 Å². The molecule has 0 spiro atoms. The number of para-hydroxylation sites is 1. The van der Waals surface area contributed by atoms with Crippen LogP contribution in [0, 0.1) is 11.2 Å². The molecule has 0 saturated heterocycles. The van der Waals surface area contributed by atoms with E-state index in [0.29, 0.717) is 16.9 Å². The Morgan fingerprint density at radius 1 is 1.25 bits per heavy atom. The molecule has 0 amide bonds. The molecule has 0 bridgehead atoms. The van der Waals surface area contributed by atoms with Gasteiger partial charge in [0.1, 0.15) is 5.82 Å². The molecule has 4 heteroatoms. The highest BCUT2D eigenvalue weighted by Gasteiger charge is 2.06. The predicted octanol–water partition coefficient (Wildman–Crippen LogP) is 2.96. The van der Waals surface area contributed by atoms with Gasteiger partial charge in [-0.15, -0.1) is 0 Å². The molecular formula is C12H10FN3. The first-order valence-corrected chi connectivity index (χ1v) is 4.77. The third-order valence-corrected chi connectivity index (χ3v) is 2.13. The SMILES string of the molecule is N=Cc1cccc(F)c1Nc1cccnc1. The van der Waals surface area contributed by atoms with E-state index in [9.17, 15) is 4.39 Å². The zero-order valence-electron chi connectivity index (χ0n) is 8.44. The molecular weight excluding hydrogens is 205 g/mol. The summed E-state index contributed by atoms with van der Waals surface area (Å²) in [6.07, 6.45) is 4.35. The number of nitrogens with one attached hydrogen (secondary N) is 2. The molecule has 0 saturated carbocycles. The van der Waals surface area contributed by atoms with Crippen LogP contribution in [-0.2, 0) is 0 Å². The van der Waals surface area contributed by atoms with Crippen LogP contribution in [-0.4, -0.2) is 11.2 Å². The van der Waals surface area contributed by atoms with Crippen LogP contribution in [0.2, 0.25) is 0 Å². The van der Waals surface area contributed by atoms with Crippen LogP contribution in [0.3, 0.4) is 0 Å². The van der Waals surface area contributed by atoms with Crippen molar-refractivity contribution in [2.45, 2.75) is 0 Å². The first kappa shape index (κ1) is 10.3. The lowest BCUT2D eigenvalue weighted by molar-refractivity contribution is 0.631. The summed E-state index contributed by atoms with van der Waals surface area (Å²) in [5.74, 6) is -0.384. The predicted molar refractivity (Wildman–Crippen MR) is 61.8 cm³/mol. The Morgan fingerprint density at radius 3 is 2.81 bits per heavy atom. The lowest BCUT2D eigenvalue weighted by Gasteiger charge is -2.09. The maximum absolute atomic E-state index is 13.5. The molecule has 0 aliphatic carbocycles. The highest BCUT2D eigenvalue weighted by atomic mass is 19.1. The zero-order valence-corrected chi connectivity index (χ0v) is 8.44. The van der Waals surface area contributed by atoms with Crippen LogP contribution in [0.1, 0.15) is 5.56 Å². The second kappa shape index (κ2) is 4.53. The van der Waals surface area contributed by atoms with Crippen LogP contribution >= 0.6 is 0 Å². The van der Waals surface area contributed by atoms with Gasteiger partial charge in [-0.25, -0.2) is 4.39 Å². The van der Waals surface area contributed by atoms with Crippen LogP contribution < -0.4 is 5.32 Å². The monoisotopic (exact) mass is 215 g/mol. The Balaban J connectivity index is 2.38. The van der Waals surface area contributed by atoms with Gasteiger partial charge in [-0.1, -0.05) is 12.1 Å². The third kappa shape index (κ3) is 2.06. The topological polar surface area (TPSA) is 48.8 Å². The molecule has 0 aliphatic heterocycles. The molecule has 0 aliphatic rings. The van der Waals surface area contributed by atoms with Gasteiger partial charge in [-0.2, -0.15) is 0 Å². The van der Waals surface area contributed by atoms with Gasteiger partial charge in [0, 0.05) is 18.0 Å². The average Bonchev–Trinajstić information content (AvgIpc) is 2.33. The van der Waals surface area contributed by atoms with Gasteiger partial charge in [0.2, 0.25) is 0 Å². The number of rotatable bonds is 3. The van der Waals surface area contributed by atoms with Crippen molar-refractivity contribution in [2.75, 3.05) is 5.32 Å². The Labute approximate surface area is 92.5 Å². The van der Waals surface area contributed by atoms with Gasteiger partial charge < -0.3 is 10.7 Å². The summed E-state index contributed by atoms with van der Waals surface area (Å²) in [5.41, 5.74) is 1.49. The summed E-state index contributed by atoms with van der Waals surface area (Å²) in [7, 11) is 0. The number of hydrogen-bond donors (Lipinski definition) is 2. The molecule has 2 N–H and O–H groups in total. The molecule has 2 aromatic rings. The summed E-state index contributed by atoms with van der Waals surface area (Å²) < 4.78 is 13.5. The molecule has 2 rings (SSSR count). The first-order chi connectivity index (χ1) is 7.81. The van der Waals surface area contributed by atoms with Crippen molar-refractivity contribution in [1.29, 1.82) is 5.41 Å². The maximum Gasteiger partial charge on any atom is 0.147 e. The molecule has 1 heterocycles. The van der Waals surface area contributed by atoms with Crippen LogP contribution in [0.5, 0.6) is 0 Å². The quantitative estimate of drug-likeness (QED) is 0.773. The van der Waals surface area contributed by atoms with Gasteiger partial charge in [-0.05, 0) is 18.2 Å². The maximum atomic E-state index is 13.5. The second-order valence-electron chi connectivity index (χ2n) is 3.22. The van der Waals surface area contributed by atoms with Crippen LogP contribution in [0.4, 0.5) is 15.8 Å². The minimum Gasteiger partial charge on any atom is -0.351 e. The largest absolute Gasteiger partial charge is 0.351 e. The highest BCUT2D eigenvalue weighted by Crippen LogP contribution is 2.22. The summed E-state index contributed by atoms with van der Waals surface area (Å²) in [6, 6.07) is 8.14. The van der Waals surface area contributed by atoms with Crippen LogP contribution in [0.15, 0.2) is 42.7 Å². The summed E-state index contributed by atoms with van der Waals surface area (Å²) in [5, 5.41) is 10.1. The molecule has 3 nitrogen and oxygen atoms in total. The normalized spacial score (nSPS) is 9.81. The number of hydrogen-bond acceptors (Lipinski definition) is 3. The Kier molecular flexibility index (Phi) is 2.91. The molecule has 16 heavy (non-hydrogen) atoms. The lowest BCUT2D eigenvalue weighted by Crippen LogP contribution is -1.98. The molecule has 0 fully saturated rings. The van der Waals surface area contributed by atoms with Crippen molar-refractivity contribution in [2.24, 2.45) is 0 Å². The molecule has 0 atom stereocenters. The van der Waals surface area contributed by atoms with E-state index in [0.717, 1.165) is 6.21 Å². The number of halogens is 1. The van der Waals surface area contributed by atoms with Gasteiger partial charge in [0.25, 0.3) is 0 Å². The minimum atomic E-state index is -0.384. The zero-order chi connectivity index (χ0) is 11.4. The number of anilines is 2. The van der Waals surface area contributed by atoms with Crippen molar-refractivity contribution in [3.63, 3.8) is 0 Å². The Hall–Kier alpha value is -2.23. The first-order valence-electron chi connectivity index (χ1n) is 4.77. The average molecular weight is 215 g/mol. The standard InChI is InChI=1S/C12H10FN3/c13-11-5-1-3-9(7-14)12(11)16-10-4-2-6-15-8-10/h1-8,14,16H. The van der Waals surface area contributed by atoms with E-state index in [1.54, 1.807) is 36.7 Å². The highest BCUT2D eigenvalue weighted by molar-refractivity contribution is 5.87. The molecule has 0 radical (unpaired) electrons. The number of benzene rings is 1. The van der Waals surface area contributed by atoms with Crippen LogP contribution in [0.25, 0.3) is 0 Å². The van der Waals surface area contributed by atoms with E-state index in [-0.39, 0.29) is 5.82 Å². The number of pyridine rings is 1. The van der Waals surface area contributed by atoms with Gasteiger partial charge in [0.05, 0.1) is 17.6 Å². The molecule has 0 unspecified atom stereocenters. The smallest absolute Gasteiger partial charge is 0.147 e. The van der Waals surface area contributed by atoms with E-state index in [1.165, 1.54) is 6.07 Å². The van der Waals surface area contributed by atoms with E-state index >= 15 is 0 Å². The third-order valence-electron chi connectivity index (χ3n) is 2.13. The van der Waals surface area contributed by atoms with Crippen molar-refractivity contribution in [1.82, 2.24) is 4.98 Å². The van der Waals surface area contributed by atoms with E-state index in [4.69, 9.17) is 5.41 Å². The van der Waals surface area contributed by atoms with Crippen molar-refractivity contribution in [3.8, 4) is 0 Å². The van der Waals surface area contributed by atoms with Gasteiger partial charge >= 0.3 is 0 Å². The number of aromatic nitrogens is 1. The Bertz CT molecular complexity index is 497. The Morgan fingerprint density at radius 2 is 2.12 bits per heavy atom. The van der Waals surface area contributed by atoms with Crippen molar-refractivity contribution >= 4 is 17.6 Å². The lowest BCUT2D eigenvalue weighted by atomic mass is 10.2. The van der Waals surface area contributed by atoms with E-state index in [2.05, 4.69) is 10.3 Å². The van der Waals surface area contributed by atoms with Gasteiger partial charge in [-0.3, -0.25) is 4.98 Å². The molecule has 1 aromatic heterocycles. The van der Waals surface area contributed by atoms with E-state index < -0.39 is 0 Å². The fraction of sp³-hybridized carbons (Fsp3) is 0. The molecule has 80 valence electrons.